The Kier molecular flexibility index (Phi) is 7.21. The van der Waals surface area contributed by atoms with Crippen molar-refractivity contribution in [2.75, 3.05) is 13.1 Å². The van der Waals surface area contributed by atoms with Crippen molar-refractivity contribution < 1.29 is 24.0 Å². The Bertz CT molecular complexity index is 743. The van der Waals surface area contributed by atoms with Crippen LogP contribution in [0.2, 0.25) is 0 Å². The number of rotatable bonds is 9. The van der Waals surface area contributed by atoms with Crippen molar-refractivity contribution in [2.45, 2.75) is 51.0 Å². The summed E-state index contributed by atoms with van der Waals surface area (Å²) in [6.07, 6.45) is 5.76. The third-order valence-electron chi connectivity index (χ3n) is 5.63. The first kappa shape index (κ1) is 21.3. The Morgan fingerprint density at radius 3 is 2.83 bits per heavy atom. The van der Waals surface area contributed by atoms with Crippen LogP contribution in [0.4, 0.5) is 4.39 Å². The van der Waals surface area contributed by atoms with Crippen LogP contribution in [-0.2, 0) is 20.8 Å². The van der Waals surface area contributed by atoms with Gasteiger partial charge in [0.2, 0.25) is 12.3 Å². The number of hydrazine groups is 1. The van der Waals surface area contributed by atoms with E-state index in [1.54, 1.807) is 0 Å². The zero-order valence-corrected chi connectivity index (χ0v) is 16.2. The molecule has 0 unspecified atom stereocenters. The van der Waals surface area contributed by atoms with E-state index in [1.165, 1.54) is 17.3 Å². The fourth-order valence-electron chi connectivity index (χ4n) is 4.23. The summed E-state index contributed by atoms with van der Waals surface area (Å²) in [5, 5.41) is 11.4. The number of hydroxylamine groups is 2. The summed E-state index contributed by atoms with van der Waals surface area (Å²) in [5.41, 5.74) is 3.21. The minimum absolute atomic E-state index is 0.108. The third-order valence-corrected chi connectivity index (χ3v) is 5.63. The number of halogens is 1. The molecule has 1 saturated heterocycles. The van der Waals surface area contributed by atoms with Gasteiger partial charge in [0.05, 0.1) is 24.6 Å². The number of hydrogen-bond acceptors (Lipinski definition) is 7. The zero-order chi connectivity index (χ0) is 20.8. The Morgan fingerprint density at radius 1 is 1.38 bits per heavy atom. The average Bonchev–Trinajstić information content (AvgIpc) is 3.38. The molecule has 29 heavy (non-hydrogen) atoms. The largest absolute Gasteiger partial charge is 0.308 e. The molecule has 2 fully saturated rings. The summed E-state index contributed by atoms with van der Waals surface area (Å²) in [4.78, 5) is 43.8. The molecule has 2 atom stereocenters. The van der Waals surface area contributed by atoms with Gasteiger partial charge in [0.25, 0.3) is 0 Å². The summed E-state index contributed by atoms with van der Waals surface area (Å²) in [5.74, 6) is -0.810. The van der Waals surface area contributed by atoms with Gasteiger partial charge in [-0.25, -0.2) is 20.5 Å². The lowest BCUT2D eigenvalue weighted by Crippen LogP contribution is -2.51. The number of ketones is 1. The molecule has 1 saturated carbocycles. The van der Waals surface area contributed by atoms with Crippen molar-refractivity contribution in [3.8, 4) is 0 Å². The number of nitrogens with zero attached hydrogens (tertiary/aromatic N) is 4. The molecule has 0 aromatic carbocycles. The third kappa shape index (κ3) is 5.54. The number of carbonyl (C=O) groups is 3. The minimum Gasteiger partial charge on any atom is -0.297 e. The molecule has 0 radical (unpaired) electrons. The van der Waals surface area contributed by atoms with Gasteiger partial charge < -0.3 is 0 Å². The smallest absolute Gasteiger partial charge is 0.297 e. The molecule has 1 aromatic heterocycles. The van der Waals surface area contributed by atoms with E-state index in [4.69, 9.17) is 0 Å². The second-order valence-electron chi connectivity index (χ2n) is 7.69. The highest BCUT2D eigenvalue weighted by Crippen LogP contribution is 2.31. The van der Waals surface area contributed by atoms with Gasteiger partial charge >= 0.3 is 6.08 Å². The maximum atomic E-state index is 13.2. The standard InChI is InChI=1S/C19H26FN5O4/c20-19-21-7-5-15(23-19)10-17(27)16-6-8-22-25(16)18(28)14(11-24(29)12-26)9-13-3-1-2-4-13/h5,7,12-14,16,22,29H,1-4,6,8-11H2/t14-,16+/m1/s1. The van der Waals surface area contributed by atoms with Gasteiger partial charge in [-0.2, -0.15) is 4.39 Å². The van der Waals surface area contributed by atoms with Crippen LogP contribution in [0.3, 0.4) is 0 Å². The molecule has 3 rings (SSSR count). The van der Waals surface area contributed by atoms with Crippen molar-refractivity contribution in [3.63, 3.8) is 0 Å². The Morgan fingerprint density at radius 2 is 2.14 bits per heavy atom. The molecule has 2 aliphatic rings. The number of Topliss-reactive ketones (excluding diaryl/α,β-unsaturated/α-hetero) is 1. The first-order chi connectivity index (χ1) is 14.0. The maximum absolute atomic E-state index is 13.2. The quantitative estimate of drug-likeness (QED) is 0.270. The highest BCUT2D eigenvalue weighted by molar-refractivity contribution is 5.91. The Labute approximate surface area is 168 Å². The molecule has 0 spiro atoms. The van der Waals surface area contributed by atoms with E-state index < -0.39 is 18.0 Å². The molecule has 158 valence electrons. The van der Waals surface area contributed by atoms with Crippen molar-refractivity contribution in [1.82, 2.24) is 25.5 Å². The van der Waals surface area contributed by atoms with Crippen LogP contribution in [0.25, 0.3) is 0 Å². The van der Waals surface area contributed by atoms with Gasteiger partial charge in [-0.3, -0.25) is 24.6 Å². The molecule has 0 bridgehead atoms. The first-order valence-electron chi connectivity index (χ1n) is 9.95. The van der Waals surface area contributed by atoms with Crippen molar-refractivity contribution in [3.05, 3.63) is 24.0 Å². The number of carbonyl (C=O) groups excluding carboxylic acids is 3. The van der Waals surface area contributed by atoms with Gasteiger partial charge in [0.1, 0.15) is 6.04 Å². The first-order valence-corrected chi connectivity index (χ1v) is 9.95. The molecule has 2 heterocycles. The summed E-state index contributed by atoms with van der Waals surface area (Å²) < 4.78 is 13.2. The second-order valence-corrected chi connectivity index (χ2v) is 7.69. The van der Waals surface area contributed by atoms with Crippen LogP contribution in [-0.4, -0.2) is 62.5 Å². The van der Waals surface area contributed by atoms with Crippen molar-refractivity contribution in [2.24, 2.45) is 11.8 Å². The molecule has 1 aromatic rings. The van der Waals surface area contributed by atoms with Gasteiger partial charge in [0.15, 0.2) is 5.78 Å². The van der Waals surface area contributed by atoms with E-state index in [0.717, 1.165) is 25.7 Å². The van der Waals surface area contributed by atoms with Gasteiger partial charge in [-0.15, -0.1) is 0 Å². The molecule has 2 N–H and O–H groups in total. The maximum Gasteiger partial charge on any atom is 0.308 e. The van der Waals surface area contributed by atoms with Crippen molar-refractivity contribution in [1.29, 1.82) is 0 Å². The Balaban J connectivity index is 1.69. The molecular weight excluding hydrogens is 381 g/mol. The second kappa shape index (κ2) is 9.84. The Hall–Kier alpha value is -2.46. The lowest BCUT2D eigenvalue weighted by molar-refractivity contribution is -0.159. The number of amides is 2. The van der Waals surface area contributed by atoms with Crippen molar-refractivity contribution >= 4 is 18.1 Å². The van der Waals surface area contributed by atoms with E-state index in [9.17, 15) is 24.0 Å². The normalized spacial score (nSPS) is 20.6. The predicted molar refractivity (Wildman–Crippen MR) is 98.6 cm³/mol. The van der Waals surface area contributed by atoms with Crippen LogP contribution in [0.1, 0.15) is 44.2 Å². The van der Waals surface area contributed by atoms with E-state index in [1.807, 2.05) is 0 Å². The highest BCUT2D eigenvalue weighted by atomic mass is 19.1. The van der Waals surface area contributed by atoms with E-state index in [2.05, 4.69) is 15.4 Å². The molecule has 9 nitrogen and oxygen atoms in total. The van der Waals surface area contributed by atoms with Crippen LogP contribution in [0.5, 0.6) is 0 Å². The monoisotopic (exact) mass is 407 g/mol. The van der Waals surface area contributed by atoms with Crippen LogP contribution in [0, 0.1) is 17.9 Å². The topological polar surface area (TPSA) is 116 Å². The number of aromatic nitrogens is 2. The lowest BCUT2D eigenvalue weighted by atomic mass is 9.91. The van der Waals surface area contributed by atoms with E-state index >= 15 is 0 Å². The fourth-order valence-corrected chi connectivity index (χ4v) is 4.23. The molecular formula is C19H26FN5O4. The number of nitrogens with one attached hydrogen (secondary N) is 1. The molecule has 1 aliphatic heterocycles. The molecule has 2 amide bonds. The SMILES string of the molecule is O=CN(O)C[C@@H](CC1CCCC1)C(=O)N1NCC[C@H]1C(=O)Cc1ccnc(F)n1. The fraction of sp³-hybridized carbons (Fsp3) is 0.632. The summed E-state index contributed by atoms with van der Waals surface area (Å²) in [6, 6.07) is 0.765. The lowest BCUT2D eigenvalue weighted by Gasteiger charge is -2.29. The zero-order valence-electron chi connectivity index (χ0n) is 16.2. The minimum atomic E-state index is -0.902. The predicted octanol–water partition coefficient (Wildman–Crippen LogP) is 0.877. The van der Waals surface area contributed by atoms with Gasteiger partial charge in [-0.05, 0) is 24.8 Å². The van der Waals surface area contributed by atoms with Gasteiger partial charge in [-0.1, -0.05) is 25.7 Å². The van der Waals surface area contributed by atoms with Crippen LogP contribution < -0.4 is 5.43 Å². The summed E-state index contributed by atoms with van der Waals surface area (Å²) >= 11 is 0. The van der Waals surface area contributed by atoms with Crippen LogP contribution in [0.15, 0.2) is 12.3 Å². The number of hydrogen-bond donors (Lipinski definition) is 2. The summed E-state index contributed by atoms with van der Waals surface area (Å²) in [6.45, 7) is 0.335. The van der Waals surface area contributed by atoms with E-state index in [-0.39, 0.29) is 36.8 Å². The molecule has 1 aliphatic carbocycles. The summed E-state index contributed by atoms with van der Waals surface area (Å²) in [7, 11) is 0. The van der Waals surface area contributed by atoms with Crippen LogP contribution >= 0.6 is 0 Å². The van der Waals surface area contributed by atoms with E-state index in [0.29, 0.717) is 30.4 Å². The molecule has 10 heteroatoms. The highest BCUT2D eigenvalue weighted by Gasteiger charge is 2.38. The van der Waals surface area contributed by atoms with Gasteiger partial charge in [0, 0.05) is 12.7 Å². The average molecular weight is 407 g/mol.